The van der Waals surface area contributed by atoms with Gasteiger partial charge >= 0.3 is 5.97 Å². The smallest absolute Gasteiger partial charge is 0.356 e. The number of carbonyl (C=O) groups is 1. The molecule has 0 aromatic carbocycles. The van der Waals surface area contributed by atoms with Crippen molar-refractivity contribution in [2.45, 2.75) is 12.5 Å². The third-order valence-corrected chi connectivity index (χ3v) is 2.41. The van der Waals surface area contributed by atoms with E-state index in [9.17, 15) is 4.79 Å². The summed E-state index contributed by atoms with van der Waals surface area (Å²) < 4.78 is 0. The topological polar surface area (TPSA) is 92.3 Å². The van der Waals surface area contributed by atoms with Crippen LogP contribution in [-0.2, 0) is 0 Å². The second-order valence-corrected chi connectivity index (χ2v) is 3.56. The van der Waals surface area contributed by atoms with Gasteiger partial charge in [-0.05, 0) is 6.42 Å². The predicted octanol–water partition coefficient (Wildman–Crippen LogP) is -0.288. The number of carboxylic acid groups (broad SMARTS) is 1. The maximum Gasteiger partial charge on any atom is 0.356 e. The van der Waals surface area contributed by atoms with Crippen LogP contribution < -0.4 is 10.6 Å². The molecule has 1 aromatic heterocycles. The Morgan fingerprint density at radius 3 is 2.80 bits per heavy atom. The SMILES string of the molecule is NC1CCN(c2cnc(C(=O)O)cn2)C1. The molecule has 0 radical (unpaired) electrons. The van der Waals surface area contributed by atoms with Gasteiger partial charge < -0.3 is 15.7 Å². The number of aromatic carboxylic acids is 1. The van der Waals surface area contributed by atoms with Crippen molar-refractivity contribution in [2.75, 3.05) is 18.0 Å². The fourth-order valence-corrected chi connectivity index (χ4v) is 1.59. The molecule has 6 nitrogen and oxygen atoms in total. The summed E-state index contributed by atoms with van der Waals surface area (Å²) in [5, 5.41) is 8.65. The summed E-state index contributed by atoms with van der Waals surface area (Å²) in [6.45, 7) is 1.60. The lowest BCUT2D eigenvalue weighted by atomic mass is 10.3. The van der Waals surface area contributed by atoms with E-state index in [1.807, 2.05) is 4.90 Å². The highest BCUT2D eigenvalue weighted by Crippen LogP contribution is 2.15. The average Bonchev–Trinajstić information content (AvgIpc) is 2.65. The van der Waals surface area contributed by atoms with E-state index in [-0.39, 0.29) is 11.7 Å². The fourth-order valence-electron chi connectivity index (χ4n) is 1.59. The van der Waals surface area contributed by atoms with E-state index in [1.165, 1.54) is 12.4 Å². The Morgan fingerprint density at radius 2 is 2.33 bits per heavy atom. The average molecular weight is 208 g/mol. The normalized spacial score (nSPS) is 20.6. The fraction of sp³-hybridized carbons (Fsp3) is 0.444. The van der Waals surface area contributed by atoms with Crippen molar-refractivity contribution in [3.8, 4) is 0 Å². The third kappa shape index (κ3) is 2.04. The molecule has 2 heterocycles. The maximum atomic E-state index is 10.5. The first-order chi connectivity index (χ1) is 7.16. The number of hydrogen-bond acceptors (Lipinski definition) is 5. The van der Waals surface area contributed by atoms with E-state index < -0.39 is 5.97 Å². The van der Waals surface area contributed by atoms with Gasteiger partial charge in [-0.1, -0.05) is 0 Å². The Labute approximate surface area is 86.7 Å². The van der Waals surface area contributed by atoms with Crippen molar-refractivity contribution in [3.05, 3.63) is 18.1 Å². The molecule has 0 bridgehead atoms. The molecule has 6 heteroatoms. The van der Waals surface area contributed by atoms with Gasteiger partial charge in [0, 0.05) is 19.1 Å². The van der Waals surface area contributed by atoms with Crippen LogP contribution in [0.3, 0.4) is 0 Å². The lowest BCUT2D eigenvalue weighted by Gasteiger charge is -2.15. The zero-order valence-electron chi connectivity index (χ0n) is 8.13. The second kappa shape index (κ2) is 3.82. The number of carboxylic acids is 1. The zero-order chi connectivity index (χ0) is 10.8. The van der Waals surface area contributed by atoms with Crippen LogP contribution in [0.25, 0.3) is 0 Å². The first-order valence-corrected chi connectivity index (χ1v) is 4.72. The first-order valence-electron chi connectivity index (χ1n) is 4.72. The van der Waals surface area contributed by atoms with Gasteiger partial charge in [0.15, 0.2) is 5.69 Å². The number of nitrogens with two attached hydrogens (primary N) is 1. The summed E-state index contributed by atoms with van der Waals surface area (Å²) in [5.41, 5.74) is 5.72. The van der Waals surface area contributed by atoms with Gasteiger partial charge in [-0.15, -0.1) is 0 Å². The zero-order valence-corrected chi connectivity index (χ0v) is 8.13. The Bertz CT molecular complexity index is 365. The van der Waals surface area contributed by atoms with E-state index in [2.05, 4.69) is 9.97 Å². The maximum absolute atomic E-state index is 10.5. The van der Waals surface area contributed by atoms with Crippen LogP contribution in [0.1, 0.15) is 16.9 Å². The van der Waals surface area contributed by atoms with Gasteiger partial charge in [-0.2, -0.15) is 0 Å². The van der Waals surface area contributed by atoms with Gasteiger partial charge in [0.25, 0.3) is 0 Å². The Morgan fingerprint density at radius 1 is 1.53 bits per heavy atom. The standard InChI is InChI=1S/C9H12N4O2/c10-6-1-2-13(5-6)8-4-11-7(3-12-8)9(14)15/h3-4,6H,1-2,5,10H2,(H,14,15). The molecule has 0 spiro atoms. The Kier molecular flexibility index (Phi) is 2.51. The van der Waals surface area contributed by atoms with E-state index in [4.69, 9.17) is 10.8 Å². The molecule has 80 valence electrons. The van der Waals surface area contributed by atoms with Gasteiger partial charge in [-0.3, -0.25) is 0 Å². The molecule has 1 fully saturated rings. The minimum absolute atomic E-state index is 0.0396. The molecule has 15 heavy (non-hydrogen) atoms. The number of rotatable bonds is 2. The Balaban J connectivity index is 2.13. The van der Waals surface area contributed by atoms with Crippen LogP contribution in [0, 0.1) is 0 Å². The molecule has 2 rings (SSSR count). The van der Waals surface area contributed by atoms with Crippen LogP contribution in [0.4, 0.5) is 5.82 Å². The second-order valence-electron chi connectivity index (χ2n) is 3.56. The van der Waals surface area contributed by atoms with Crippen LogP contribution in [-0.4, -0.2) is 40.2 Å². The molecule has 1 aromatic rings. The lowest BCUT2D eigenvalue weighted by molar-refractivity contribution is 0.0690. The largest absolute Gasteiger partial charge is 0.476 e. The Hall–Kier alpha value is -1.69. The summed E-state index contributed by atoms with van der Waals surface area (Å²) >= 11 is 0. The predicted molar refractivity (Wildman–Crippen MR) is 53.8 cm³/mol. The lowest BCUT2D eigenvalue weighted by Crippen LogP contribution is -2.27. The highest BCUT2D eigenvalue weighted by Gasteiger charge is 2.20. The summed E-state index contributed by atoms with van der Waals surface area (Å²) in [4.78, 5) is 20.4. The van der Waals surface area contributed by atoms with E-state index in [0.29, 0.717) is 5.82 Å². The molecule has 0 amide bonds. The molecular weight excluding hydrogens is 196 g/mol. The highest BCUT2D eigenvalue weighted by molar-refractivity contribution is 5.84. The van der Waals surface area contributed by atoms with Crippen molar-refractivity contribution in [3.63, 3.8) is 0 Å². The number of nitrogens with zero attached hydrogens (tertiary/aromatic N) is 3. The van der Waals surface area contributed by atoms with Gasteiger partial charge in [0.1, 0.15) is 5.82 Å². The van der Waals surface area contributed by atoms with Crippen LogP contribution in [0.5, 0.6) is 0 Å². The van der Waals surface area contributed by atoms with Crippen molar-refractivity contribution >= 4 is 11.8 Å². The molecule has 1 saturated heterocycles. The third-order valence-electron chi connectivity index (χ3n) is 2.41. The molecular formula is C9H12N4O2. The summed E-state index contributed by atoms with van der Waals surface area (Å²) in [7, 11) is 0. The first kappa shape index (κ1) is 9.85. The number of anilines is 1. The highest BCUT2D eigenvalue weighted by atomic mass is 16.4. The van der Waals surface area contributed by atoms with Crippen molar-refractivity contribution < 1.29 is 9.90 Å². The summed E-state index contributed by atoms with van der Waals surface area (Å²) in [6, 6.07) is 0.172. The van der Waals surface area contributed by atoms with Crippen molar-refractivity contribution in [1.29, 1.82) is 0 Å². The van der Waals surface area contributed by atoms with Crippen LogP contribution >= 0.6 is 0 Å². The van der Waals surface area contributed by atoms with Crippen molar-refractivity contribution in [2.24, 2.45) is 5.73 Å². The van der Waals surface area contributed by atoms with E-state index in [0.717, 1.165) is 19.5 Å². The van der Waals surface area contributed by atoms with Crippen LogP contribution in [0.2, 0.25) is 0 Å². The number of aromatic nitrogens is 2. The molecule has 1 atom stereocenters. The molecule has 1 unspecified atom stereocenters. The number of hydrogen-bond donors (Lipinski definition) is 2. The monoisotopic (exact) mass is 208 g/mol. The minimum atomic E-state index is -1.06. The minimum Gasteiger partial charge on any atom is -0.476 e. The molecule has 0 aliphatic carbocycles. The van der Waals surface area contributed by atoms with E-state index in [1.54, 1.807) is 0 Å². The van der Waals surface area contributed by atoms with Crippen LogP contribution in [0.15, 0.2) is 12.4 Å². The molecule has 1 aliphatic rings. The summed E-state index contributed by atoms with van der Waals surface area (Å²) in [6.07, 6.45) is 3.67. The van der Waals surface area contributed by atoms with Gasteiger partial charge in [0.2, 0.25) is 0 Å². The molecule has 0 saturated carbocycles. The quantitative estimate of drug-likeness (QED) is 0.694. The van der Waals surface area contributed by atoms with Gasteiger partial charge in [-0.25, -0.2) is 14.8 Å². The van der Waals surface area contributed by atoms with E-state index >= 15 is 0 Å². The molecule has 1 aliphatic heterocycles. The molecule has 3 N–H and O–H groups in total. The van der Waals surface area contributed by atoms with Gasteiger partial charge in [0.05, 0.1) is 12.4 Å². The summed E-state index contributed by atoms with van der Waals surface area (Å²) in [5.74, 6) is -0.375. The van der Waals surface area contributed by atoms with Crippen molar-refractivity contribution in [1.82, 2.24) is 9.97 Å².